The van der Waals surface area contributed by atoms with E-state index in [4.69, 9.17) is 28.6 Å². The topological polar surface area (TPSA) is 62.8 Å². The quantitative estimate of drug-likeness (QED) is 0.808. The second kappa shape index (κ2) is 4.15. The van der Waals surface area contributed by atoms with E-state index in [9.17, 15) is 4.79 Å². The number of hydrogen-bond donors (Lipinski definition) is 2. The number of rotatable bonds is 2. The number of benzene rings is 1. The molecule has 16 heavy (non-hydrogen) atoms. The second-order valence-corrected chi connectivity index (χ2v) is 3.81. The number of aromatic nitrogens is 3. The van der Waals surface area contributed by atoms with Gasteiger partial charge in [-0.1, -0.05) is 11.6 Å². The van der Waals surface area contributed by atoms with E-state index in [1.165, 1.54) is 11.7 Å². The molecule has 0 bridgehead atoms. The number of ether oxygens (including phenoxy) is 1. The summed E-state index contributed by atoms with van der Waals surface area (Å²) in [6, 6.07) is 4.98. The van der Waals surface area contributed by atoms with Gasteiger partial charge in [0.05, 0.1) is 17.8 Å². The summed E-state index contributed by atoms with van der Waals surface area (Å²) in [4.78, 5) is 11.4. The van der Waals surface area contributed by atoms with Gasteiger partial charge in [-0.25, -0.2) is 14.5 Å². The minimum absolute atomic E-state index is 0.284. The van der Waals surface area contributed by atoms with Gasteiger partial charge in [0, 0.05) is 0 Å². The zero-order valence-electron chi connectivity index (χ0n) is 8.28. The number of aromatic amines is 2. The average molecular weight is 258 g/mol. The molecule has 7 heteroatoms. The third-order valence-corrected chi connectivity index (χ3v) is 2.66. The number of nitrogens with one attached hydrogen (secondary N) is 2. The average Bonchev–Trinajstić information content (AvgIpc) is 2.58. The number of nitrogens with zero attached hydrogens (tertiary/aromatic N) is 1. The Hall–Kier alpha value is -1.53. The van der Waals surface area contributed by atoms with Crippen molar-refractivity contribution in [3.05, 3.63) is 38.5 Å². The van der Waals surface area contributed by atoms with Crippen molar-refractivity contribution in [2.24, 2.45) is 0 Å². The lowest BCUT2D eigenvalue weighted by Crippen LogP contribution is -2.14. The lowest BCUT2D eigenvalue weighted by Gasteiger charge is -2.05. The Bertz CT molecular complexity index is 601. The van der Waals surface area contributed by atoms with E-state index in [1.807, 2.05) is 0 Å². The van der Waals surface area contributed by atoms with E-state index < -0.39 is 0 Å². The Balaban J connectivity index is 2.62. The second-order valence-electron chi connectivity index (χ2n) is 3.01. The van der Waals surface area contributed by atoms with Gasteiger partial charge in [0.25, 0.3) is 0 Å². The highest BCUT2D eigenvalue weighted by Crippen LogP contribution is 2.25. The van der Waals surface area contributed by atoms with Crippen LogP contribution in [0.3, 0.4) is 0 Å². The fourth-order valence-electron chi connectivity index (χ4n) is 1.34. The highest BCUT2D eigenvalue weighted by atomic mass is 35.5. The van der Waals surface area contributed by atoms with Crippen molar-refractivity contribution in [3.8, 4) is 11.4 Å². The molecule has 2 aromatic rings. The monoisotopic (exact) mass is 257 g/mol. The summed E-state index contributed by atoms with van der Waals surface area (Å²) in [5, 5.41) is 5.36. The number of methoxy groups -OCH3 is 1. The Morgan fingerprint density at radius 3 is 2.69 bits per heavy atom. The van der Waals surface area contributed by atoms with Gasteiger partial charge in [-0.3, -0.25) is 5.10 Å². The predicted octanol–water partition coefficient (Wildman–Crippen LogP) is 1.89. The SMILES string of the molecule is COc1ccc(-n2c(=O)[nH][nH]c2=S)cc1Cl. The van der Waals surface area contributed by atoms with Gasteiger partial charge in [0.15, 0.2) is 0 Å². The number of halogens is 1. The van der Waals surface area contributed by atoms with E-state index in [-0.39, 0.29) is 10.5 Å². The minimum Gasteiger partial charge on any atom is -0.495 e. The maximum atomic E-state index is 11.4. The van der Waals surface area contributed by atoms with E-state index in [1.54, 1.807) is 18.2 Å². The van der Waals surface area contributed by atoms with Crippen molar-refractivity contribution in [1.82, 2.24) is 14.8 Å². The number of hydrogen-bond acceptors (Lipinski definition) is 3. The molecule has 0 saturated heterocycles. The van der Waals surface area contributed by atoms with Gasteiger partial charge in [0.2, 0.25) is 4.77 Å². The summed E-state index contributed by atoms with van der Waals surface area (Å²) in [6.07, 6.45) is 0. The standard InChI is InChI=1S/C9H8ClN3O2S/c1-15-7-3-2-5(4-6(7)10)13-8(14)11-12-9(13)16/h2-4H,1H3,(H,11,14)(H,12,16). The summed E-state index contributed by atoms with van der Waals surface area (Å²) >= 11 is 10.9. The maximum absolute atomic E-state index is 11.4. The molecule has 1 heterocycles. The molecular weight excluding hydrogens is 250 g/mol. The van der Waals surface area contributed by atoms with Crippen LogP contribution in [0, 0.1) is 4.77 Å². The molecule has 5 nitrogen and oxygen atoms in total. The molecule has 0 atom stereocenters. The first-order valence-electron chi connectivity index (χ1n) is 4.37. The molecule has 1 aromatic heterocycles. The molecule has 1 aromatic carbocycles. The van der Waals surface area contributed by atoms with Crippen molar-refractivity contribution in [3.63, 3.8) is 0 Å². The molecule has 0 amide bonds. The first-order chi connectivity index (χ1) is 7.63. The van der Waals surface area contributed by atoms with Crippen LogP contribution in [-0.2, 0) is 0 Å². The summed E-state index contributed by atoms with van der Waals surface area (Å²) in [5.41, 5.74) is 0.240. The zero-order chi connectivity index (χ0) is 11.7. The fourth-order valence-corrected chi connectivity index (χ4v) is 1.83. The van der Waals surface area contributed by atoms with Crippen LogP contribution >= 0.6 is 23.8 Å². The largest absolute Gasteiger partial charge is 0.495 e. The van der Waals surface area contributed by atoms with Crippen LogP contribution in [0.25, 0.3) is 5.69 Å². The van der Waals surface area contributed by atoms with Crippen LogP contribution in [-0.4, -0.2) is 21.9 Å². The number of H-pyrrole nitrogens is 2. The maximum Gasteiger partial charge on any atom is 0.347 e. The van der Waals surface area contributed by atoms with Gasteiger partial charge < -0.3 is 4.74 Å². The van der Waals surface area contributed by atoms with Crippen LogP contribution < -0.4 is 10.4 Å². The van der Waals surface area contributed by atoms with Crippen LogP contribution in [0.4, 0.5) is 0 Å². The van der Waals surface area contributed by atoms with Crippen LogP contribution in [0.2, 0.25) is 5.02 Å². The van der Waals surface area contributed by atoms with Crippen molar-refractivity contribution >= 4 is 23.8 Å². The fraction of sp³-hybridized carbons (Fsp3) is 0.111. The van der Waals surface area contributed by atoms with E-state index >= 15 is 0 Å². The molecule has 0 unspecified atom stereocenters. The van der Waals surface area contributed by atoms with Gasteiger partial charge in [-0.05, 0) is 30.4 Å². The molecule has 0 aliphatic rings. The molecule has 0 aliphatic carbocycles. The third kappa shape index (κ3) is 1.77. The zero-order valence-corrected chi connectivity index (χ0v) is 9.85. The van der Waals surface area contributed by atoms with Gasteiger partial charge in [-0.15, -0.1) is 0 Å². The Labute approximate surface area is 101 Å². The summed E-state index contributed by atoms with van der Waals surface area (Å²) in [7, 11) is 1.52. The molecule has 0 radical (unpaired) electrons. The molecule has 0 spiro atoms. The molecular formula is C9H8ClN3O2S. The van der Waals surface area contributed by atoms with E-state index in [2.05, 4.69) is 10.2 Å². The minimum atomic E-state index is -0.341. The first-order valence-corrected chi connectivity index (χ1v) is 5.15. The summed E-state index contributed by atoms with van der Waals surface area (Å²) < 4.78 is 6.61. The van der Waals surface area contributed by atoms with Crippen molar-refractivity contribution in [1.29, 1.82) is 0 Å². The first kappa shape index (κ1) is 11.0. The van der Waals surface area contributed by atoms with Crippen molar-refractivity contribution < 1.29 is 4.74 Å². The lowest BCUT2D eigenvalue weighted by molar-refractivity contribution is 0.415. The van der Waals surface area contributed by atoms with Crippen LogP contribution in [0.15, 0.2) is 23.0 Å². The van der Waals surface area contributed by atoms with Crippen LogP contribution in [0.5, 0.6) is 5.75 Å². The smallest absolute Gasteiger partial charge is 0.347 e. The Morgan fingerprint density at radius 2 is 2.19 bits per heavy atom. The molecule has 0 fully saturated rings. The molecule has 2 rings (SSSR count). The highest BCUT2D eigenvalue weighted by Gasteiger charge is 2.06. The van der Waals surface area contributed by atoms with Crippen LogP contribution in [0.1, 0.15) is 0 Å². The predicted molar refractivity (Wildman–Crippen MR) is 63.1 cm³/mol. The summed E-state index contributed by atoms with van der Waals surface area (Å²) in [5.74, 6) is 0.545. The van der Waals surface area contributed by atoms with Crippen molar-refractivity contribution in [2.45, 2.75) is 0 Å². The van der Waals surface area contributed by atoms with Gasteiger partial charge in [0.1, 0.15) is 5.75 Å². The normalized spacial score (nSPS) is 10.4. The van der Waals surface area contributed by atoms with E-state index in [0.717, 1.165) is 0 Å². The van der Waals surface area contributed by atoms with E-state index in [0.29, 0.717) is 16.5 Å². The lowest BCUT2D eigenvalue weighted by atomic mass is 10.3. The molecule has 2 N–H and O–H groups in total. The summed E-state index contributed by atoms with van der Waals surface area (Å²) in [6.45, 7) is 0. The highest BCUT2D eigenvalue weighted by molar-refractivity contribution is 7.71. The van der Waals surface area contributed by atoms with Gasteiger partial charge >= 0.3 is 5.69 Å². The Morgan fingerprint density at radius 1 is 1.44 bits per heavy atom. The molecule has 0 saturated carbocycles. The van der Waals surface area contributed by atoms with Crippen molar-refractivity contribution in [2.75, 3.05) is 7.11 Å². The third-order valence-electron chi connectivity index (χ3n) is 2.08. The molecule has 84 valence electrons. The van der Waals surface area contributed by atoms with Gasteiger partial charge in [-0.2, -0.15) is 0 Å². The molecule has 0 aliphatic heterocycles. The Kier molecular flexibility index (Phi) is 2.84.